The molecule has 1 N–H and O–H groups in total. The van der Waals surface area contributed by atoms with Gasteiger partial charge in [0.1, 0.15) is 5.82 Å². The van der Waals surface area contributed by atoms with Gasteiger partial charge in [-0.15, -0.1) is 21.5 Å². The Hall–Kier alpha value is -2.97. The van der Waals surface area contributed by atoms with Gasteiger partial charge < -0.3 is 5.32 Å². The first-order valence-electron chi connectivity index (χ1n) is 9.80. The number of nitrogens with one attached hydrogen (secondary N) is 1. The molecule has 2 aromatic heterocycles. The molecule has 0 aliphatic heterocycles. The molecule has 2 aromatic carbocycles. The number of amides is 1. The minimum absolute atomic E-state index is 0.110. The average molecular weight is 453 g/mol. The van der Waals surface area contributed by atoms with Crippen LogP contribution in [0.5, 0.6) is 0 Å². The number of rotatable bonds is 8. The van der Waals surface area contributed by atoms with Crippen LogP contribution in [0.4, 0.5) is 4.39 Å². The van der Waals surface area contributed by atoms with Gasteiger partial charge in [0.25, 0.3) is 0 Å². The second-order valence-corrected chi connectivity index (χ2v) is 9.22. The van der Waals surface area contributed by atoms with Crippen LogP contribution in [0.3, 0.4) is 0 Å². The molecule has 1 atom stereocenters. The minimum Gasteiger partial charge on any atom is -0.351 e. The lowest BCUT2D eigenvalue weighted by Crippen LogP contribution is -2.30. The standard InChI is InChI=1S/C23H21FN4OS2/c1-16(22(29)25-14-17-9-11-19(24)12-10-17)31-23-27-26-21(20-8-5-13-30-20)28(23)15-18-6-3-2-4-7-18/h2-13,16H,14-15H2,1H3,(H,25,29). The molecular weight excluding hydrogens is 431 g/mol. The largest absolute Gasteiger partial charge is 0.351 e. The lowest BCUT2D eigenvalue weighted by Gasteiger charge is -2.14. The molecule has 1 unspecified atom stereocenters. The average Bonchev–Trinajstić information content (AvgIpc) is 3.44. The summed E-state index contributed by atoms with van der Waals surface area (Å²) in [7, 11) is 0. The predicted molar refractivity (Wildman–Crippen MR) is 122 cm³/mol. The van der Waals surface area contributed by atoms with Crippen LogP contribution in [-0.4, -0.2) is 25.9 Å². The molecule has 5 nitrogen and oxygen atoms in total. The van der Waals surface area contributed by atoms with Crippen molar-refractivity contribution in [3.8, 4) is 10.7 Å². The number of thioether (sulfide) groups is 1. The van der Waals surface area contributed by atoms with Crippen molar-refractivity contribution in [3.05, 3.63) is 89.1 Å². The Bertz CT molecular complexity index is 1130. The van der Waals surface area contributed by atoms with Crippen LogP contribution in [0.2, 0.25) is 0 Å². The molecule has 0 bridgehead atoms. The Morgan fingerprint density at radius 1 is 1.06 bits per heavy atom. The maximum Gasteiger partial charge on any atom is 0.233 e. The van der Waals surface area contributed by atoms with E-state index in [2.05, 4.69) is 32.2 Å². The SMILES string of the molecule is CC(Sc1nnc(-c2cccs2)n1Cc1ccccc1)C(=O)NCc1ccc(F)cc1. The van der Waals surface area contributed by atoms with E-state index in [9.17, 15) is 9.18 Å². The van der Waals surface area contributed by atoms with E-state index in [0.717, 1.165) is 21.8 Å². The third kappa shape index (κ3) is 5.39. The zero-order valence-corrected chi connectivity index (χ0v) is 18.5. The van der Waals surface area contributed by atoms with E-state index in [1.54, 1.807) is 23.5 Å². The van der Waals surface area contributed by atoms with Gasteiger partial charge in [0.05, 0.1) is 16.7 Å². The van der Waals surface area contributed by atoms with Gasteiger partial charge in [-0.1, -0.05) is 60.3 Å². The zero-order chi connectivity index (χ0) is 21.6. The van der Waals surface area contributed by atoms with Gasteiger partial charge in [0, 0.05) is 6.54 Å². The van der Waals surface area contributed by atoms with Crippen LogP contribution in [0, 0.1) is 5.82 Å². The lowest BCUT2D eigenvalue weighted by molar-refractivity contribution is -0.120. The summed E-state index contributed by atoms with van der Waals surface area (Å²) in [6.07, 6.45) is 0. The molecule has 158 valence electrons. The molecule has 31 heavy (non-hydrogen) atoms. The van der Waals surface area contributed by atoms with Crippen molar-refractivity contribution >= 4 is 29.0 Å². The van der Waals surface area contributed by atoms with Crippen LogP contribution in [0.1, 0.15) is 18.1 Å². The maximum absolute atomic E-state index is 13.0. The molecular formula is C23H21FN4OS2. The second kappa shape index (κ2) is 9.89. The van der Waals surface area contributed by atoms with Crippen molar-refractivity contribution in [1.29, 1.82) is 0 Å². The smallest absolute Gasteiger partial charge is 0.233 e. The minimum atomic E-state index is -0.365. The van der Waals surface area contributed by atoms with Gasteiger partial charge in [-0.2, -0.15) is 0 Å². The van der Waals surface area contributed by atoms with E-state index in [4.69, 9.17) is 0 Å². The van der Waals surface area contributed by atoms with E-state index in [1.165, 1.54) is 23.9 Å². The fourth-order valence-electron chi connectivity index (χ4n) is 3.02. The van der Waals surface area contributed by atoms with Crippen molar-refractivity contribution in [3.63, 3.8) is 0 Å². The number of thiophene rings is 1. The molecule has 0 aliphatic rings. The molecule has 1 amide bonds. The summed E-state index contributed by atoms with van der Waals surface area (Å²) >= 11 is 2.98. The zero-order valence-electron chi connectivity index (χ0n) is 16.9. The van der Waals surface area contributed by atoms with Crippen LogP contribution in [0.15, 0.2) is 77.3 Å². The molecule has 0 radical (unpaired) electrons. The fourth-order valence-corrected chi connectivity index (χ4v) is 4.61. The number of carbonyl (C=O) groups excluding carboxylic acids is 1. The molecule has 0 fully saturated rings. The highest BCUT2D eigenvalue weighted by Gasteiger charge is 2.21. The summed E-state index contributed by atoms with van der Waals surface area (Å²) in [4.78, 5) is 13.7. The maximum atomic E-state index is 13.0. The highest BCUT2D eigenvalue weighted by Crippen LogP contribution is 2.30. The first-order chi connectivity index (χ1) is 15.1. The number of hydrogen-bond donors (Lipinski definition) is 1. The van der Waals surface area contributed by atoms with Crippen molar-refractivity contribution < 1.29 is 9.18 Å². The summed E-state index contributed by atoms with van der Waals surface area (Å²) in [5.41, 5.74) is 1.98. The van der Waals surface area contributed by atoms with Gasteiger partial charge in [0.2, 0.25) is 5.91 Å². The van der Waals surface area contributed by atoms with Gasteiger partial charge in [-0.3, -0.25) is 9.36 Å². The predicted octanol–water partition coefficient (Wildman–Crippen LogP) is 4.99. The number of halogens is 1. The molecule has 0 saturated carbocycles. The van der Waals surface area contributed by atoms with Crippen LogP contribution >= 0.6 is 23.1 Å². The van der Waals surface area contributed by atoms with E-state index in [1.807, 2.05) is 42.6 Å². The van der Waals surface area contributed by atoms with Crippen LogP contribution < -0.4 is 5.32 Å². The molecule has 4 rings (SSSR count). The highest BCUT2D eigenvalue weighted by atomic mass is 32.2. The Kier molecular flexibility index (Phi) is 6.79. The molecule has 0 saturated heterocycles. The summed E-state index contributed by atoms with van der Waals surface area (Å²) in [5, 5.41) is 14.0. The number of carbonyl (C=O) groups is 1. The first kappa shape index (κ1) is 21.3. The Morgan fingerprint density at radius 3 is 2.55 bits per heavy atom. The highest BCUT2D eigenvalue weighted by molar-refractivity contribution is 8.00. The van der Waals surface area contributed by atoms with Gasteiger partial charge in [-0.25, -0.2) is 4.39 Å². The normalized spacial score (nSPS) is 11.9. The molecule has 4 aromatic rings. The number of aromatic nitrogens is 3. The van der Waals surface area contributed by atoms with Gasteiger partial charge in [-0.05, 0) is 41.6 Å². The molecule has 0 spiro atoms. The molecule has 0 aliphatic carbocycles. The summed E-state index contributed by atoms with van der Waals surface area (Å²) in [6, 6.07) is 20.2. The number of nitrogens with zero attached hydrogens (tertiary/aromatic N) is 3. The summed E-state index contributed by atoms with van der Waals surface area (Å²) in [5.74, 6) is 0.389. The lowest BCUT2D eigenvalue weighted by atomic mass is 10.2. The molecule has 2 heterocycles. The fraction of sp³-hybridized carbons (Fsp3) is 0.174. The van der Waals surface area contributed by atoms with Crippen molar-refractivity contribution in [2.75, 3.05) is 0 Å². The number of benzene rings is 2. The Labute approximate surface area is 188 Å². The van der Waals surface area contributed by atoms with E-state index >= 15 is 0 Å². The monoisotopic (exact) mass is 452 g/mol. The van der Waals surface area contributed by atoms with Crippen molar-refractivity contribution in [2.24, 2.45) is 0 Å². The Balaban J connectivity index is 1.49. The van der Waals surface area contributed by atoms with Gasteiger partial charge >= 0.3 is 0 Å². The van der Waals surface area contributed by atoms with Crippen molar-refractivity contribution in [2.45, 2.75) is 30.4 Å². The first-order valence-corrected chi connectivity index (χ1v) is 11.6. The van der Waals surface area contributed by atoms with E-state index in [-0.39, 0.29) is 17.0 Å². The van der Waals surface area contributed by atoms with Crippen LogP contribution in [-0.2, 0) is 17.9 Å². The van der Waals surface area contributed by atoms with E-state index in [0.29, 0.717) is 18.2 Å². The topological polar surface area (TPSA) is 59.8 Å². The van der Waals surface area contributed by atoms with E-state index < -0.39 is 0 Å². The van der Waals surface area contributed by atoms with Gasteiger partial charge in [0.15, 0.2) is 11.0 Å². The second-order valence-electron chi connectivity index (χ2n) is 6.96. The van der Waals surface area contributed by atoms with Crippen LogP contribution in [0.25, 0.3) is 10.7 Å². The van der Waals surface area contributed by atoms with Crippen molar-refractivity contribution in [1.82, 2.24) is 20.1 Å². The third-order valence-electron chi connectivity index (χ3n) is 4.67. The summed E-state index contributed by atoms with van der Waals surface area (Å²) < 4.78 is 15.1. The summed E-state index contributed by atoms with van der Waals surface area (Å²) in [6.45, 7) is 2.81. The Morgan fingerprint density at radius 2 is 1.84 bits per heavy atom. The molecule has 8 heteroatoms. The third-order valence-corrected chi connectivity index (χ3v) is 6.62. The quantitative estimate of drug-likeness (QED) is 0.383. The number of hydrogen-bond acceptors (Lipinski definition) is 5.